The predicted molar refractivity (Wildman–Crippen MR) is 327 cm³/mol. The molecule has 89 heavy (non-hydrogen) atoms. The van der Waals surface area contributed by atoms with Gasteiger partial charge in [0, 0.05) is 52.4 Å². The van der Waals surface area contributed by atoms with Crippen molar-refractivity contribution < 1.29 is 120 Å². The molecule has 3 aliphatic heterocycles. The number of ketones is 1. The number of rotatable bonds is 27. The molecule has 3 aliphatic rings. The number of carboxylic acids is 1. The Labute approximate surface area is 550 Å². The van der Waals surface area contributed by atoms with Gasteiger partial charge in [0.25, 0.3) is 11.8 Å². The summed E-state index contributed by atoms with van der Waals surface area (Å²) >= 11 is 0. The first-order valence-corrected chi connectivity index (χ1v) is 29.0. The van der Waals surface area contributed by atoms with Crippen molar-refractivity contribution in [2.45, 2.75) is 212 Å². The van der Waals surface area contributed by atoms with Crippen LogP contribution < -0.4 is 71.9 Å². The molecule has 3 fully saturated rings. The van der Waals surface area contributed by atoms with E-state index in [4.69, 9.17) is 24.1 Å². The van der Waals surface area contributed by atoms with Crippen LogP contribution in [0.1, 0.15) is 165 Å². The van der Waals surface area contributed by atoms with Crippen LogP contribution in [0.2, 0.25) is 0 Å². The number of Topliss-reactive ketones (excluding diaryl/α,β-unsaturated/α-hetero) is 1. The number of halogens is 3. The van der Waals surface area contributed by atoms with E-state index in [1.54, 1.807) is 62.3 Å². The molecule has 0 aromatic heterocycles. The molecule has 29 heteroatoms. The molecule has 9 N–H and O–H groups in total. The van der Waals surface area contributed by atoms with Crippen LogP contribution in [0.5, 0.6) is 0 Å². The third-order valence-corrected chi connectivity index (χ3v) is 12.5. The van der Waals surface area contributed by atoms with Crippen LogP contribution in [-0.4, -0.2) is 206 Å². The average molecular weight is 1300 g/mol. The summed E-state index contributed by atoms with van der Waals surface area (Å²) in [5.41, 5.74) is -1.99. The van der Waals surface area contributed by atoms with Crippen molar-refractivity contribution in [3.05, 3.63) is 0 Å². The summed E-state index contributed by atoms with van der Waals surface area (Å²) in [6.07, 6.45) is -0.478. The molecule has 25 nitrogen and oxygen atoms in total. The molecule has 3 rings (SSSR count). The summed E-state index contributed by atoms with van der Waals surface area (Å²) in [5.74, 6) is -4.45. The Morgan fingerprint density at radius 3 is 1.22 bits per heavy atom. The molecule has 8 atom stereocenters. The van der Waals surface area contributed by atoms with E-state index in [0.717, 1.165) is 16.2 Å². The molecule has 0 saturated carbocycles. The summed E-state index contributed by atoms with van der Waals surface area (Å²) in [5, 5.41) is 49.2. The molecule has 3 heterocycles. The van der Waals surface area contributed by atoms with Crippen LogP contribution in [0.25, 0.3) is 0 Å². The number of hydrogen-bond donors (Lipinski definition) is 9. The van der Waals surface area contributed by atoms with E-state index in [1.165, 1.54) is 0 Å². The van der Waals surface area contributed by atoms with Gasteiger partial charge in [-0.3, -0.25) is 28.8 Å². The van der Waals surface area contributed by atoms with E-state index in [2.05, 4.69) is 37.2 Å². The van der Waals surface area contributed by atoms with Crippen molar-refractivity contribution >= 4 is 59.6 Å². The number of ether oxygens (including phenoxy) is 3. The number of amides is 8. The minimum atomic E-state index is -1.66. The van der Waals surface area contributed by atoms with Gasteiger partial charge in [0.2, 0.25) is 17.7 Å². The van der Waals surface area contributed by atoms with Crippen molar-refractivity contribution in [2.24, 2.45) is 35.5 Å². The predicted octanol–water partition coefficient (Wildman–Crippen LogP) is 1.28. The Morgan fingerprint density at radius 1 is 0.562 bits per heavy atom. The van der Waals surface area contributed by atoms with E-state index in [0.29, 0.717) is 70.7 Å². The van der Waals surface area contributed by atoms with Crippen molar-refractivity contribution in [1.82, 2.24) is 47.0 Å². The van der Waals surface area contributed by atoms with Crippen LogP contribution in [0.3, 0.4) is 0 Å². The van der Waals surface area contributed by atoms with Gasteiger partial charge in [0.15, 0.2) is 19.1 Å². The zero-order valence-electron chi connectivity index (χ0n) is 53.7. The number of alkyl halides is 3. The molecule has 3 saturated heterocycles. The Morgan fingerprint density at radius 2 is 0.899 bits per heavy atom. The standard InChI is InChI=1S/C19H34FN3O5.C19H32FN3O5.C17H33N3O4.C2H3FO2.3CH4.Na/c2*1-12(2)8-14(22-18(27)28-19(3,4)5)15(24)11-23(16(25)9-20)10-13-6-7-21-17(13)26;1-11(2)8-13(20-16(23)24-17(3,4)5)14(21)10-18-9-12-6-7-19-15(12)22;3-1-2(4)5;;;;/h12-15,24H,6-11H2,1-5H3,(H,21,26)(H,22,27);12-14H,6-11H2,1-5H3,(H,21,26)(H,22,27);11-14,18,21H,6-10H2,1-5H3,(H,19,22)(H,20,23);1H2,(H,4,5);3*1H4;/q;;;;;;;+1/p-1/t13-,14-,15?;13-,14-;12-,13-,14?;;;;;/m000...../s1. The monoisotopic (exact) mass is 1300 g/mol. The number of hydrogen-bond acceptors (Lipinski definition) is 17. The normalized spacial score (nSPS) is 17.6. The number of alkyl carbamates (subject to hydrolysis) is 3. The average Bonchev–Trinajstić information content (AvgIpc) is 4.35. The van der Waals surface area contributed by atoms with Crippen LogP contribution in [-0.2, 0) is 47.8 Å². The van der Waals surface area contributed by atoms with E-state index < -0.39 is 121 Å². The van der Waals surface area contributed by atoms with Gasteiger partial charge < -0.3 is 81.3 Å². The zero-order valence-corrected chi connectivity index (χ0v) is 55.7. The molecular weight excluding hydrogens is 1180 g/mol. The Hall–Kier alpha value is -5.03. The minimum Gasteiger partial charge on any atom is -0.547 e. The van der Waals surface area contributed by atoms with Gasteiger partial charge in [-0.05, 0) is 119 Å². The fourth-order valence-corrected chi connectivity index (χ4v) is 8.66. The number of carbonyl (C=O) groups is 10. The molecule has 0 aliphatic carbocycles. The molecule has 0 radical (unpaired) electrons. The fraction of sp³-hybridized carbons (Fsp3) is 0.833. The Balaban J connectivity index is -0.000000374. The van der Waals surface area contributed by atoms with Crippen molar-refractivity contribution in [1.29, 1.82) is 0 Å². The van der Waals surface area contributed by atoms with Crippen LogP contribution >= 0.6 is 0 Å². The summed E-state index contributed by atoms with van der Waals surface area (Å²) in [7, 11) is 0. The van der Waals surface area contributed by atoms with Gasteiger partial charge in [0.1, 0.15) is 23.5 Å². The zero-order chi connectivity index (χ0) is 65.6. The molecular formula is C60H113F3N9NaO16. The van der Waals surface area contributed by atoms with Crippen LogP contribution in [0.15, 0.2) is 0 Å². The van der Waals surface area contributed by atoms with Crippen molar-refractivity contribution in [2.75, 3.05) is 78.9 Å². The smallest absolute Gasteiger partial charge is 0.547 e. The van der Waals surface area contributed by atoms with Gasteiger partial charge in [0.05, 0.1) is 60.6 Å². The molecule has 0 spiro atoms. The Kier molecular flexibility index (Phi) is 48.0. The summed E-state index contributed by atoms with van der Waals surface area (Å²) in [6.45, 7) is 25.6. The minimum absolute atomic E-state index is 0. The molecule has 516 valence electrons. The summed E-state index contributed by atoms with van der Waals surface area (Å²) in [4.78, 5) is 119. The third kappa shape index (κ3) is 43.4. The molecule has 8 amide bonds. The van der Waals surface area contributed by atoms with Gasteiger partial charge in [-0.25, -0.2) is 27.6 Å². The van der Waals surface area contributed by atoms with E-state index in [-0.39, 0.29) is 113 Å². The number of carboxylic acid groups (broad SMARTS) is 1. The second-order valence-corrected chi connectivity index (χ2v) is 25.5. The van der Waals surface area contributed by atoms with E-state index in [1.807, 2.05) is 41.5 Å². The maximum Gasteiger partial charge on any atom is 1.00 e. The molecule has 0 aromatic rings. The third-order valence-electron chi connectivity index (χ3n) is 12.5. The molecule has 0 aromatic carbocycles. The summed E-state index contributed by atoms with van der Waals surface area (Å²) in [6, 6.07) is -1.95. The fourth-order valence-electron chi connectivity index (χ4n) is 8.66. The maximum absolute atomic E-state index is 13.0. The first-order chi connectivity index (χ1) is 39.2. The molecule has 0 bridgehead atoms. The number of aliphatic carboxylic acids is 1. The van der Waals surface area contributed by atoms with Crippen molar-refractivity contribution in [3.63, 3.8) is 0 Å². The number of nitrogens with zero attached hydrogens (tertiary/aromatic N) is 2. The number of aliphatic hydroxyl groups is 2. The second-order valence-electron chi connectivity index (χ2n) is 25.5. The van der Waals surface area contributed by atoms with Crippen LogP contribution in [0, 0.1) is 35.5 Å². The van der Waals surface area contributed by atoms with Gasteiger partial charge in [-0.15, -0.1) is 0 Å². The van der Waals surface area contributed by atoms with Gasteiger partial charge >= 0.3 is 47.8 Å². The van der Waals surface area contributed by atoms with Crippen LogP contribution in [0.4, 0.5) is 27.6 Å². The second kappa shape index (κ2) is 46.1. The van der Waals surface area contributed by atoms with Gasteiger partial charge in [-0.2, -0.15) is 0 Å². The quantitative estimate of drug-likeness (QED) is 0.0413. The number of nitrogens with one attached hydrogen (secondary N) is 7. The van der Waals surface area contributed by atoms with E-state index >= 15 is 0 Å². The van der Waals surface area contributed by atoms with E-state index in [9.17, 15) is 66.5 Å². The first kappa shape index (κ1) is 92.7. The molecule has 2 unspecified atom stereocenters. The topological polar surface area (TPSA) is 353 Å². The number of carbonyl (C=O) groups excluding carboxylic acids is 10. The maximum atomic E-state index is 13.0. The number of aliphatic hydroxyl groups excluding tert-OH is 2. The largest absolute Gasteiger partial charge is 1.00 e. The first-order valence-electron chi connectivity index (χ1n) is 29.0. The Bertz CT molecular complexity index is 2130. The summed E-state index contributed by atoms with van der Waals surface area (Å²) < 4.78 is 52.1. The SMILES string of the molecule is C.C.C.CC(C)C[C@H](NC(=O)OC(C)(C)C)C(=O)CN(C[C@@H]1CCNC1=O)C(=O)CF.CC(C)C[C@H](NC(=O)OC(C)(C)C)C(O)CN(C[C@@H]1CCNC1=O)C(=O)CF.CC(C)C[C@H](NC(=O)OC(C)(C)C)C(O)CNC[C@@H]1CCNC1=O.O=C([O-])CF.[Na+]. The van der Waals surface area contributed by atoms with Crippen molar-refractivity contribution in [3.8, 4) is 0 Å². The van der Waals surface area contributed by atoms with Gasteiger partial charge in [-0.1, -0.05) is 63.8 Å².